The van der Waals surface area contributed by atoms with Gasteiger partial charge in [0.1, 0.15) is 23.6 Å². The van der Waals surface area contributed by atoms with Crippen molar-refractivity contribution < 1.29 is 14.7 Å². The first-order valence-electron chi connectivity index (χ1n) is 7.29. The number of aromatic hydroxyl groups is 1. The smallest absolute Gasteiger partial charge is 0.276 e. The lowest BCUT2D eigenvalue weighted by Gasteiger charge is -2.36. The zero-order chi connectivity index (χ0) is 16.4. The number of carbonyl (C=O) groups is 1. The van der Waals surface area contributed by atoms with Gasteiger partial charge in [-0.3, -0.25) is 9.63 Å². The number of rotatable bonds is 1. The van der Waals surface area contributed by atoms with E-state index in [1.54, 1.807) is 18.2 Å². The summed E-state index contributed by atoms with van der Waals surface area (Å²) in [5.41, 5.74) is 3.11. The summed E-state index contributed by atoms with van der Waals surface area (Å²) >= 11 is 6.06. The van der Waals surface area contributed by atoms with Gasteiger partial charge in [-0.25, -0.2) is 0 Å². The molecule has 2 N–H and O–H groups in total. The van der Waals surface area contributed by atoms with Crippen molar-refractivity contribution in [3.05, 3.63) is 40.9 Å². The largest absolute Gasteiger partial charge is 0.507 e. The summed E-state index contributed by atoms with van der Waals surface area (Å²) < 4.78 is 0. The number of nitrogens with zero attached hydrogens (tertiary/aromatic N) is 1. The van der Waals surface area contributed by atoms with Crippen LogP contribution in [-0.2, 0) is 16.2 Å². The van der Waals surface area contributed by atoms with Gasteiger partial charge in [-0.15, -0.1) is 0 Å². The molecule has 2 aromatic carbocycles. The van der Waals surface area contributed by atoms with Crippen LogP contribution in [0.3, 0.4) is 0 Å². The van der Waals surface area contributed by atoms with E-state index >= 15 is 0 Å². The van der Waals surface area contributed by atoms with E-state index < -0.39 is 5.54 Å². The summed E-state index contributed by atoms with van der Waals surface area (Å²) in [5, 5.41) is 15.3. The van der Waals surface area contributed by atoms with E-state index in [-0.39, 0.29) is 18.3 Å². The van der Waals surface area contributed by atoms with E-state index in [4.69, 9.17) is 16.4 Å². The summed E-state index contributed by atoms with van der Waals surface area (Å²) in [6.45, 7) is 3.90. The van der Waals surface area contributed by atoms with E-state index in [0.717, 1.165) is 16.8 Å². The Kier molecular flexibility index (Phi) is 2.89. The molecule has 2 aliphatic rings. The summed E-state index contributed by atoms with van der Waals surface area (Å²) in [4.78, 5) is 18.1. The Labute approximate surface area is 138 Å². The Morgan fingerprint density at radius 3 is 2.83 bits per heavy atom. The number of hydrogen-bond acceptors (Lipinski definition) is 4. The van der Waals surface area contributed by atoms with Crippen LogP contribution in [0.25, 0.3) is 11.1 Å². The van der Waals surface area contributed by atoms with Gasteiger partial charge in [0.15, 0.2) is 0 Å². The lowest BCUT2D eigenvalue weighted by molar-refractivity contribution is -0.129. The molecule has 0 aromatic heterocycles. The Morgan fingerprint density at radius 2 is 2.04 bits per heavy atom. The highest BCUT2D eigenvalue weighted by Crippen LogP contribution is 2.47. The van der Waals surface area contributed by atoms with Crippen LogP contribution >= 0.6 is 11.6 Å². The summed E-state index contributed by atoms with van der Waals surface area (Å²) in [6.07, 6.45) is 0. The highest BCUT2D eigenvalue weighted by molar-refractivity contribution is 6.31. The molecule has 2 aromatic rings. The van der Waals surface area contributed by atoms with Gasteiger partial charge in [0, 0.05) is 16.1 Å². The zero-order valence-corrected chi connectivity index (χ0v) is 13.4. The average Bonchev–Trinajstić information content (AvgIpc) is 2.94. The van der Waals surface area contributed by atoms with Crippen LogP contribution in [0.1, 0.15) is 19.4 Å². The summed E-state index contributed by atoms with van der Waals surface area (Å²) in [5.74, 6) is -0.00399. The normalized spacial score (nSPS) is 17.9. The predicted octanol–water partition coefficient (Wildman–Crippen LogP) is 3.69. The number of amides is 1. The third-order valence-electron chi connectivity index (χ3n) is 4.24. The van der Waals surface area contributed by atoms with Crippen LogP contribution in [0.2, 0.25) is 5.02 Å². The molecule has 4 rings (SSSR count). The molecule has 0 radical (unpaired) electrons. The Balaban J connectivity index is 1.94. The minimum absolute atomic E-state index is 0.138. The van der Waals surface area contributed by atoms with Crippen molar-refractivity contribution in [3.63, 3.8) is 0 Å². The molecule has 0 saturated carbocycles. The minimum Gasteiger partial charge on any atom is -0.507 e. The van der Waals surface area contributed by atoms with E-state index in [1.165, 1.54) is 5.06 Å². The molecule has 0 saturated heterocycles. The van der Waals surface area contributed by atoms with Crippen LogP contribution in [0.4, 0.5) is 11.4 Å². The standard InChI is InChI=1S/C17H15ClN2O3/c1-17(2)16(22)20-15-12(8-23-20)10(4-5-13(15)19-17)11-7-9(18)3-6-14(11)21/h3-7,19,21H,8H2,1-2H3. The van der Waals surface area contributed by atoms with Crippen LogP contribution in [0, 0.1) is 0 Å². The van der Waals surface area contributed by atoms with E-state index in [2.05, 4.69) is 5.32 Å². The van der Waals surface area contributed by atoms with Gasteiger partial charge < -0.3 is 10.4 Å². The summed E-state index contributed by atoms with van der Waals surface area (Å²) in [6, 6.07) is 8.70. The number of phenolic OH excluding ortho intramolecular Hbond substituents is 1. The van der Waals surface area contributed by atoms with Crippen molar-refractivity contribution in [2.75, 3.05) is 10.4 Å². The molecular weight excluding hydrogens is 316 g/mol. The Morgan fingerprint density at radius 1 is 1.26 bits per heavy atom. The number of phenols is 1. The molecule has 1 amide bonds. The SMILES string of the molecule is CC1(C)Nc2ccc(-c3cc(Cl)ccc3O)c3c2N(OC3)C1=O. The average molecular weight is 331 g/mol. The molecule has 5 nitrogen and oxygen atoms in total. The van der Waals surface area contributed by atoms with Crippen LogP contribution in [-0.4, -0.2) is 16.6 Å². The van der Waals surface area contributed by atoms with Crippen molar-refractivity contribution in [3.8, 4) is 16.9 Å². The second kappa shape index (κ2) is 4.63. The topological polar surface area (TPSA) is 61.8 Å². The Bertz CT molecular complexity index is 848. The fourth-order valence-corrected chi connectivity index (χ4v) is 3.26. The van der Waals surface area contributed by atoms with Gasteiger partial charge in [-0.2, -0.15) is 5.06 Å². The molecular formula is C17H15ClN2O3. The third-order valence-corrected chi connectivity index (χ3v) is 4.47. The first-order valence-corrected chi connectivity index (χ1v) is 7.67. The molecule has 0 atom stereocenters. The maximum absolute atomic E-state index is 12.5. The maximum atomic E-state index is 12.5. The zero-order valence-electron chi connectivity index (χ0n) is 12.7. The second-order valence-corrected chi connectivity index (χ2v) is 6.71. The maximum Gasteiger partial charge on any atom is 0.276 e. The molecule has 0 unspecified atom stereocenters. The molecule has 0 spiro atoms. The number of carbonyl (C=O) groups excluding carboxylic acids is 1. The molecule has 2 aliphatic heterocycles. The number of hydroxylamine groups is 1. The van der Waals surface area contributed by atoms with E-state index in [9.17, 15) is 9.90 Å². The van der Waals surface area contributed by atoms with Crippen molar-refractivity contribution in [2.24, 2.45) is 0 Å². The van der Waals surface area contributed by atoms with Gasteiger partial charge in [0.2, 0.25) is 0 Å². The first-order chi connectivity index (χ1) is 10.9. The molecule has 2 heterocycles. The van der Waals surface area contributed by atoms with Crippen molar-refractivity contribution in [1.29, 1.82) is 0 Å². The monoisotopic (exact) mass is 330 g/mol. The third kappa shape index (κ3) is 2.00. The number of benzene rings is 2. The first kappa shape index (κ1) is 14.4. The molecule has 0 aliphatic carbocycles. The summed E-state index contributed by atoms with van der Waals surface area (Å²) in [7, 11) is 0. The van der Waals surface area contributed by atoms with E-state index in [1.807, 2.05) is 26.0 Å². The Hall–Kier alpha value is -2.24. The second-order valence-electron chi connectivity index (χ2n) is 6.27. The number of hydrogen-bond donors (Lipinski definition) is 2. The molecule has 118 valence electrons. The fourth-order valence-electron chi connectivity index (χ4n) is 3.09. The van der Waals surface area contributed by atoms with Gasteiger partial charge in [-0.1, -0.05) is 17.7 Å². The number of anilines is 2. The molecule has 0 fully saturated rings. The number of halogens is 1. The quantitative estimate of drug-likeness (QED) is 0.837. The highest BCUT2D eigenvalue weighted by Gasteiger charge is 2.44. The fraction of sp³-hybridized carbons (Fsp3) is 0.235. The lowest BCUT2D eigenvalue weighted by atomic mass is 9.93. The van der Waals surface area contributed by atoms with Crippen molar-refractivity contribution in [2.45, 2.75) is 26.0 Å². The molecule has 6 heteroatoms. The minimum atomic E-state index is -0.728. The number of nitrogens with one attached hydrogen (secondary N) is 1. The van der Waals surface area contributed by atoms with Gasteiger partial charge in [0.05, 0.1) is 5.69 Å². The van der Waals surface area contributed by atoms with Gasteiger partial charge in [-0.05, 0) is 43.7 Å². The van der Waals surface area contributed by atoms with Crippen molar-refractivity contribution >= 4 is 28.9 Å². The van der Waals surface area contributed by atoms with Crippen LogP contribution in [0.15, 0.2) is 30.3 Å². The molecule has 0 bridgehead atoms. The molecule has 23 heavy (non-hydrogen) atoms. The van der Waals surface area contributed by atoms with Crippen LogP contribution in [0.5, 0.6) is 5.75 Å². The predicted molar refractivity (Wildman–Crippen MR) is 88.5 cm³/mol. The highest BCUT2D eigenvalue weighted by atomic mass is 35.5. The van der Waals surface area contributed by atoms with E-state index in [0.29, 0.717) is 16.3 Å². The van der Waals surface area contributed by atoms with Gasteiger partial charge >= 0.3 is 0 Å². The van der Waals surface area contributed by atoms with Gasteiger partial charge in [0.25, 0.3) is 5.91 Å². The van der Waals surface area contributed by atoms with Crippen molar-refractivity contribution in [1.82, 2.24) is 0 Å². The lowest BCUT2D eigenvalue weighted by Crippen LogP contribution is -2.52. The van der Waals surface area contributed by atoms with Crippen LogP contribution < -0.4 is 10.4 Å².